The molecular formula is C10H9BrFN3. The quantitative estimate of drug-likeness (QED) is 0.880. The van der Waals surface area contributed by atoms with Gasteiger partial charge < -0.3 is 5.73 Å². The standard InChI is InChI=1S/C10H9BrFN3/c11-9-2-1-6(12)3-8(9)10-4-7(5-13)14-15-10/h1-4H,5,13H2,(H,14,15). The number of benzene rings is 1. The lowest BCUT2D eigenvalue weighted by atomic mass is 10.1. The highest BCUT2D eigenvalue weighted by Crippen LogP contribution is 2.27. The number of hydrogen-bond acceptors (Lipinski definition) is 2. The summed E-state index contributed by atoms with van der Waals surface area (Å²) in [5, 5.41) is 6.84. The minimum absolute atomic E-state index is 0.287. The monoisotopic (exact) mass is 269 g/mol. The predicted molar refractivity (Wildman–Crippen MR) is 59.6 cm³/mol. The minimum atomic E-state index is -0.287. The number of nitrogens with two attached hydrogens (primary N) is 1. The van der Waals surface area contributed by atoms with Gasteiger partial charge in [-0.25, -0.2) is 4.39 Å². The van der Waals surface area contributed by atoms with Crippen LogP contribution in [0, 0.1) is 5.82 Å². The van der Waals surface area contributed by atoms with E-state index in [0.29, 0.717) is 17.8 Å². The number of rotatable bonds is 2. The van der Waals surface area contributed by atoms with Crippen LogP contribution >= 0.6 is 15.9 Å². The third-order valence-electron chi connectivity index (χ3n) is 2.06. The molecule has 0 saturated carbocycles. The van der Waals surface area contributed by atoms with E-state index in [1.165, 1.54) is 12.1 Å². The largest absolute Gasteiger partial charge is 0.325 e. The van der Waals surface area contributed by atoms with E-state index in [9.17, 15) is 4.39 Å². The molecule has 15 heavy (non-hydrogen) atoms. The Morgan fingerprint density at radius 3 is 2.87 bits per heavy atom. The van der Waals surface area contributed by atoms with Gasteiger partial charge in [0.05, 0.1) is 5.69 Å². The molecule has 78 valence electrons. The normalized spacial score (nSPS) is 10.6. The van der Waals surface area contributed by atoms with Crippen molar-refractivity contribution in [3.05, 3.63) is 40.2 Å². The Morgan fingerprint density at radius 2 is 2.20 bits per heavy atom. The molecule has 2 aromatic rings. The number of nitrogens with one attached hydrogen (secondary N) is 1. The van der Waals surface area contributed by atoms with Crippen molar-refractivity contribution in [2.75, 3.05) is 0 Å². The number of aromatic nitrogens is 2. The van der Waals surface area contributed by atoms with Gasteiger partial charge in [-0.1, -0.05) is 15.9 Å². The Kier molecular flexibility index (Phi) is 2.83. The highest BCUT2D eigenvalue weighted by molar-refractivity contribution is 9.10. The van der Waals surface area contributed by atoms with Crippen LogP contribution in [0.3, 0.4) is 0 Å². The van der Waals surface area contributed by atoms with Crippen LogP contribution in [0.15, 0.2) is 28.7 Å². The second-order valence-corrected chi connectivity index (χ2v) is 3.96. The lowest BCUT2D eigenvalue weighted by Gasteiger charge is -1.99. The van der Waals surface area contributed by atoms with Crippen LogP contribution in [0.4, 0.5) is 4.39 Å². The maximum Gasteiger partial charge on any atom is 0.123 e. The number of nitrogens with zero attached hydrogens (tertiary/aromatic N) is 1. The molecular weight excluding hydrogens is 261 g/mol. The van der Waals surface area contributed by atoms with E-state index in [1.807, 2.05) is 0 Å². The lowest BCUT2D eigenvalue weighted by Crippen LogP contribution is -1.95. The molecule has 3 N–H and O–H groups in total. The Labute approximate surface area is 94.6 Å². The van der Waals surface area contributed by atoms with Crippen LogP contribution in [-0.2, 0) is 6.54 Å². The van der Waals surface area contributed by atoms with E-state index < -0.39 is 0 Å². The molecule has 0 saturated heterocycles. The van der Waals surface area contributed by atoms with Crippen LogP contribution in [0.1, 0.15) is 5.69 Å². The summed E-state index contributed by atoms with van der Waals surface area (Å²) < 4.78 is 13.8. The molecule has 0 atom stereocenters. The van der Waals surface area contributed by atoms with Crippen molar-refractivity contribution in [3.63, 3.8) is 0 Å². The summed E-state index contributed by atoms with van der Waals surface area (Å²) >= 11 is 3.35. The smallest absolute Gasteiger partial charge is 0.123 e. The Morgan fingerprint density at radius 1 is 1.40 bits per heavy atom. The molecule has 0 aliphatic heterocycles. The zero-order chi connectivity index (χ0) is 10.8. The van der Waals surface area contributed by atoms with Gasteiger partial charge >= 0.3 is 0 Å². The summed E-state index contributed by atoms with van der Waals surface area (Å²) in [5.74, 6) is -0.287. The molecule has 0 amide bonds. The van der Waals surface area contributed by atoms with Gasteiger partial charge in [0.25, 0.3) is 0 Å². The van der Waals surface area contributed by atoms with Gasteiger partial charge in [0.1, 0.15) is 5.82 Å². The second-order valence-electron chi connectivity index (χ2n) is 3.11. The van der Waals surface area contributed by atoms with Crippen molar-refractivity contribution in [3.8, 4) is 11.3 Å². The zero-order valence-corrected chi connectivity index (χ0v) is 9.38. The number of hydrogen-bond donors (Lipinski definition) is 2. The summed E-state index contributed by atoms with van der Waals surface area (Å²) in [6, 6.07) is 6.28. The highest BCUT2D eigenvalue weighted by Gasteiger charge is 2.08. The van der Waals surface area contributed by atoms with E-state index in [1.54, 1.807) is 12.1 Å². The number of halogens is 2. The summed E-state index contributed by atoms with van der Waals surface area (Å²) in [6.07, 6.45) is 0. The molecule has 0 radical (unpaired) electrons. The van der Waals surface area contributed by atoms with Gasteiger partial charge in [-0.2, -0.15) is 5.10 Å². The average molecular weight is 270 g/mol. The third kappa shape index (κ3) is 2.08. The summed E-state index contributed by atoms with van der Waals surface area (Å²) in [4.78, 5) is 0. The van der Waals surface area contributed by atoms with Crippen molar-refractivity contribution in [1.29, 1.82) is 0 Å². The molecule has 0 aliphatic rings. The molecule has 1 aromatic heterocycles. The van der Waals surface area contributed by atoms with Gasteiger partial charge in [-0.15, -0.1) is 0 Å². The fourth-order valence-corrected chi connectivity index (χ4v) is 1.75. The minimum Gasteiger partial charge on any atom is -0.325 e. The van der Waals surface area contributed by atoms with E-state index in [2.05, 4.69) is 26.1 Å². The van der Waals surface area contributed by atoms with Crippen LogP contribution in [0.5, 0.6) is 0 Å². The first-order valence-corrected chi connectivity index (χ1v) is 5.20. The van der Waals surface area contributed by atoms with Crippen molar-refractivity contribution >= 4 is 15.9 Å². The molecule has 0 bridgehead atoms. The summed E-state index contributed by atoms with van der Waals surface area (Å²) in [7, 11) is 0. The SMILES string of the molecule is NCc1cc(-c2cc(F)ccc2Br)n[nH]1. The Bertz CT molecular complexity index is 481. The van der Waals surface area contributed by atoms with E-state index in [0.717, 1.165) is 10.2 Å². The number of aromatic amines is 1. The van der Waals surface area contributed by atoms with Crippen LogP contribution in [-0.4, -0.2) is 10.2 Å². The first kappa shape index (κ1) is 10.3. The molecule has 0 aliphatic carbocycles. The van der Waals surface area contributed by atoms with Crippen LogP contribution < -0.4 is 5.73 Å². The van der Waals surface area contributed by atoms with E-state index in [-0.39, 0.29) is 5.82 Å². The fourth-order valence-electron chi connectivity index (χ4n) is 1.30. The first-order chi connectivity index (χ1) is 7.20. The van der Waals surface area contributed by atoms with Crippen molar-refractivity contribution in [2.45, 2.75) is 6.54 Å². The molecule has 0 fully saturated rings. The molecule has 0 spiro atoms. The highest BCUT2D eigenvalue weighted by atomic mass is 79.9. The fraction of sp³-hybridized carbons (Fsp3) is 0.100. The van der Waals surface area contributed by atoms with Crippen molar-refractivity contribution < 1.29 is 4.39 Å². The van der Waals surface area contributed by atoms with Gasteiger partial charge in [0.2, 0.25) is 0 Å². The van der Waals surface area contributed by atoms with E-state index in [4.69, 9.17) is 5.73 Å². The van der Waals surface area contributed by atoms with Gasteiger partial charge in [-0.05, 0) is 24.3 Å². The zero-order valence-electron chi connectivity index (χ0n) is 7.80. The molecule has 5 heteroatoms. The Hall–Kier alpha value is -1.20. The predicted octanol–water partition coefficient (Wildman–Crippen LogP) is 2.44. The van der Waals surface area contributed by atoms with Gasteiger partial charge in [0.15, 0.2) is 0 Å². The van der Waals surface area contributed by atoms with Crippen molar-refractivity contribution in [1.82, 2.24) is 10.2 Å². The molecule has 3 nitrogen and oxygen atoms in total. The van der Waals surface area contributed by atoms with E-state index >= 15 is 0 Å². The molecule has 2 rings (SSSR count). The number of H-pyrrole nitrogens is 1. The van der Waals surface area contributed by atoms with Crippen molar-refractivity contribution in [2.24, 2.45) is 5.73 Å². The molecule has 0 unspecified atom stereocenters. The van der Waals surface area contributed by atoms with Gasteiger partial charge in [-0.3, -0.25) is 5.10 Å². The van der Waals surface area contributed by atoms with Crippen LogP contribution in [0.2, 0.25) is 0 Å². The Balaban J connectivity index is 2.48. The average Bonchev–Trinajstić information content (AvgIpc) is 2.70. The third-order valence-corrected chi connectivity index (χ3v) is 2.75. The maximum absolute atomic E-state index is 13.0. The first-order valence-electron chi connectivity index (χ1n) is 4.40. The molecule has 1 heterocycles. The van der Waals surface area contributed by atoms with Gasteiger partial charge in [0, 0.05) is 22.3 Å². The topological polar surface area (TPSA) is 54.7 Å². The summed E-state index contributed by atoms with van der Waals surface area (Å²) in [5.41, 5.74) is 7.67. The van der Waals surface area contributed by atoms with Crippen LogP contribution in [0.25, 0.3) is 11.3 Å². The maximum atomic E-state index is 13.0. The lowest BCUT2D eigenvalue weighted by molar-refractivity contribution is 0.628. The molecule has 1 aromatic carbocycles. The second kappa shape index (κ2) is 4.12. The summed E-state index contributed by atoms with van der Waals surface area (Å²) in [6.45, 7) is 0.389.